The third-order valence-corrected chi connectivity index (χ3v) is 5.40. The first-order valence-corrected chi connectivity index (χ1v) is 9.34. The zero-order valence-corrected chi connectivity index (χ0v) is 12.5. The quantitative estimate of drug-likeness (QED) is 0.631. The molecule has 1 aliphatic carbocycles. The Hall–Kier alpha value is -0.520. The molecule has 1 atom stereocenters. The van der Waals surface area contributed by atoms with Crippen molar-refractivity contribution in [1.82, 2.24) is 0 Å². The Morgan fingerprint density at radius 3 is 2.17 bits per heavy atom. The van der Waals surface area contributed by atoms with Gasteiger partial charge in [0.25, 0.3) is 0 Å². The first-order valence-electron chi connectivity index (χ1n) is 6.07. The van der Waals surface area contributed by atoms with Gasteiger partial charge >= 0.3 is 0 Å². The molecule has 0 saturated heterocycles. The maximum absolute atomic E-state index is 9.08. The zero-order valence-electron chi connectivity index (χ0n) is 10.8. The highest BCUT2D eigenvalue weighted by molar-refractivity contribution is 7.97. The third kappa shape index (κ3) is 7.03. The fourth-order valence-corrected chi connectivity index (χ4v) is 4.25. The third-order valence-electron chi connectivity index (χ3n) is 2.40. The second-order valence-corrected chi connectivity index (χ2v) is 8.16. The van der Waals surface area contributed by atoms with Gasteiger partial charge in [0.05, 0.1) is 10.1 Å². The number of benzene rings is 1. The second kappa shape index (κ2) is 7.16. The first-order chi connectivity index (χ1) is 8.42. The molecule has 0 spiro atoms. The van der Waals surface area contributed by atoms with E-state index in [0.29, 0.717) is 17.2 Å². The summed E-state index contributed by atoms with van der Waals surface area (Å²) in [4.78, 5) is 1.59. The van der Waals surface area contributed by atoms with Crippen LogP contribution in [-0.2, 0) is 21.0 Å². The van der Waals surface area contributed by atoms with E-state index in [-0.39, 0.29) is 0 Å². The van der Waals surface area contributed by atoms with Crippen molar-refractivity contribution in [2.75, 3.05) is 12.0 Å². The molecule has 102 valence electrons. The van der Waals surface area contributed by atoms with E-state index < -0.39 is 10.1 Å². The number of hydrogen-bond donors (Lipinski definition) is 0. The van der Waals surface area contributed by atoms with E-state index in [2.05, 4.69) is 37.3 Å². The number of hydrogen-bond acceptors (Lipinski definition) is 3. The highest BCUT2D eigenvalue weighted by atomic mass is 32.2. The maximum atomic E-state index is 9.08. The van der Waals surface area contributed by atoms with Gasteiger partial charge in [0.2, 0.25) is 0 Å². The molecule has 0 amide bonds. The first kappa shape index (κ1) is 15.5. The highest BCUT2D eigenvalue weighted by Crippen LogP contribution is 2.35. The standard InChI is InChI=1S/C12H17S.CH4O3S/c1-2-10-13(12-8-9-12)11-6-4-3-5-7-11;1-5(2,3)4/h3-7,12H,2,8-10H2,1H3;1H3,(H,2,3,4)/q+1;/p-1. The largest absolute Gasteiger partial charge is 0.748 e. The van der Waals surface area contributed by atoms with Crippen LogP contribution in [0.5, 0.6) is 0 Å². The van der Waals surface area contributed by atoms with E-state index >= 15 is 0 Å². The summed E-state index contributed by atoms with van der Waals surface area (Å²) in [6, 6.07) is 11.1. The van der Waals surface area contributed by atoms with E-state index in [9.17, 15) is 0 Å². The van der Waals surface area contributed by atoms with Crippen molar-refractivity contribution in [3.8, 4) is 0 Å². The van der Waals surface area contributed by atoms with Gasteiger partial charge in [-0.25, -0.2) is 8.42 Å². The normalized spacial score (nSPS) is 16.6. The fourth-order valence-electron chi connectivity index (χ4n) is 1.64. The van der Waals surface area contributed by atoms with Crippen LogP contribution in [-0.4, -0.2) is 30.2 Å². The summed E-state index contributed by atoms with van der Waals surface area (Å²) >= 11 is 0. The average molecular weight is 288 g/mol. The van der Waals surface area contributed by atoms with Gasteiger partial charge < -0.3 is 4.55 Å². The lowest BCUT2D eigenvalue weighted by atomic mass is 10.4. The van der Waals surface area contributed by atoms with Crippen molar-refractivity contribution in [2.45, 2.75) is 36.3 Å². The molecule has 0 bridgehead atoms. The van der Waals surface area contributed by atoms with Crippen molar-refractivity contribution >= 4 is 21.0 Å². The maximum Gasteiger partial charge on any atom is 0.155 e. The number of rotatable bonds is 4. The van der Waals surface area contributed by atoms with Crippen LogP contribution in [0.4, 0.5) is 0 Å². The van der Waals surface area contributed by atoms with Gasteiger partial charge in [0.15, 0.2) is 4.90 Å². The highest BCUT2D eigenvalue weighted by Gasteiger charge is 2.40. The molecule has 0 aromatic heterocycles. The minimum atomic E-state index is -3.92. The van der Waals surface area contributed by atoms with Crippen LogP contribution in [0.25, 0.3) is 0 Å². The summed E-state index contributed by atoms with van der Waals surface area (Å²) in [5, 5.41) is 1.03. The van der Waals surface area contributed by atoms with Crippen LogP contribution >= 0.6 is 0 Å². The molecule has 1 aromatic carbocycles. The molecule has 1 fully saturated rings. The molecule has 0 radical (unpaired) electrons. The summed E-state index contributed by atoms with van der Waals surface area (Å²) in [6.07, 6.45) is 4.87. The van der Waals surface area contributed by atoms with Crippen LogP contribution in [0.3, 0.4) is 0 Å². The Morgan fingerprint density at radius 1 is 1.28 bits per heavy atom. The van der Waals surface area contributed by atoms with Crippen LogP contribution < -0.4 is 0 Å². The monoisotopic (exact) mass is 288 g/mol. The summed E-state index contributed by atoms with van der Waals surface area (Å²) in [6.45, 7) is 2.30. The second-order valence-electron chi connectivity index (χ2n) is 4.35. The molecule has 0 N–H and O–H groups in total. The fraction of sp³-hybridized carbons (Fsp3) is 0.538. The molecule has 3 nitrogen and oxygen atoms in total. The van der Waals surface area contributed by atoms with E-state index in [1.165, 1.54) is 25.0 Å². The van der Waals surface area contributed by atoms with Crippen molar-refractivity contribution < 1.29 is 13.0 Å². The summed E-state index contributed by atoms with van der Waals surface area (Å²) in [5.41, 5.74) is 0. The van der Waals surface area contributed by atoms with Gasteiger partial charge in [0.1, 0.15) is 11.0 Å². The van der Waals surface area contributed by atoms with E-state index in [0.717, 1.165) is 5.25 Å². The summed E-state index contributed by atoms with van der Waals surface area (Å²) < 4.78 is 27.2. The van der Waals surface area contributed by atoms with Crippen LogP contribution in [0.1, 0.15) is 26.2 Å². The molecular weight excluding hydrogens is 268 g/mol. The average Bonchev–Trinajstić information content (AvgIpc) is 3.09. The Kier molecular flexibility index (Phi) is 6.18. The van der Waals surface area contributed by atoms with Crippen LogP contribution in [0, 0.1) is 0 Å². The lowest BCUT2D eigenvalue weighted by Gasteiger charge is -2.05. The molecule has 0 aliphatic heterocycles. The van der Waals surface area contributed by atoms with Gasteiger partial charge in [-0.1, -0.05) is 25.1 Å². The zero-order chi connectivity index (χ0) is 13.6. The van der Waals surface area contributed by atoms with Crippen LogP contribution in [0.15, 0.2) is 35.2 Å². The van der Waals surface area contributed by atoms with Gasteiger partial charge in [-0.3, -0.25) is 0 Å². The predicted molar refractivity (Wildman–Crippen MR) is 75.9 cm³/mol. The molecule has 2 rings (SSSR count). The molecule has 0 heterocycles. The van der Waals surface area contributed by atoms with Crippen molar-refractivity contribution in [1.29, 1.82) is 0 Å². The Labute approximate surface area is 113 Å². The SMILES string of the molecule is CCC[S+](c1ccccc1)C1CC1.CS(=O)(=O)[O-]. The molecule has 1 aliphatic rings. The lowest BCUT2D eigenvalue weighted by Crippen LogP contribution is -2.12. The van der Waals surface area contributed by atoms with E-state index in [1.807, 2.05) is 0 Å². The Morgan fingerprint density at radius 2 is 1.78 bits per heavy atom. The summed E-state index contributed by atoms with van der Waals surface area (Å²) in [7, 11) is -3.35. The van der Waals surface area contributed by atoms with Gasteiger partial charge in [0, 0.05) is 30.0 Å². The van der Waals surface area contributed by atoms with Crippen molar-refractivity contribution in [3.63, 3.8) is 0 Å². The lowest BCUT2D eigenvalue weighted by molar-refractivity contribution is 0.470. The Bertz CT molecular complexity index is 431. The Balaban J connectivity index is 0.000000280. The molecule has 1 aromatic rings. The van der Waals surface area contributed by atoms with E-state index in [1.54, 1.807) is 4.90 Å². The van der Waals surface area contributed by atoms with Gasteiger partial charge in [-0.2, -0.15) is 0 Å². The minimum Gasteiger partial charge on any atom is -0.748 e. The topological polar surface area (TPSA) is 57.2 Å². The molecule has 5 heteroatoms. The van der Waals surface area contributed by atoms with Crippen molar-refractivity contribution in [2.24, 2.45) is 0 Å². The molecular formula is C13H20O3S2. The molecule has 18 heavy (non-hydrogen) atoms. The van der Waals surface area contributed by atoms with Gasteiger partial charge in [-0.05, 0) is 18.6 Å². The van der Waals surface area contributed by atoms with Crippen LogP contribution in [0.2, 0.25) is 0 Å². The smallest absolute Gasteiger partial charge is 0.155 e. The summed E-state index contributed by atoms with van der Waals surface area (Å²) in [5.74, 6) is 1.40. The van der Waals surface area contributed by atoms with Gasteiger partial charge in [-0.15, -0.1) is 0 Å². The molecule has 1 saturated carbocycles. The predicted octanol–water partition coefficient (Wildman–Crippen LogP) is 2.40. The van der Waals surface area contributed by atoms with E-state index in [4.69, 9.17) is 13.0 Å². The minimum absolute atomic E-state index is 0.572. The molecule has 1 unspecified atom stereocenters. The van der Waals surface area contributed by atoms with Crippen molar-refractivity contribution in [3.05, 3.63) is 30.3 Å².